The first-order valence-corrected chi connectivity index (χ1v) is 15.0. The van der Waals surface area contributed by atoms with Crippen LogP contribution >= 0.6 is 0 Å². The van der Waals surface area contributed by atoms with Crippen molar-refractivity contribution >= 4 is 11.9 Å². The van der Waals surface area contributed by atoms with Crippen molar-refractivity contribution in [2.45, 2.75) is 93.5 Å². The van der Waals surface area contributed by atoms with Gasteiger partial charge in [0.05, 0.1) is 36.8 Å². The van der Waals surface area contributed by atoms with Crippen LogP contribution in [-0.2, 0) is 52.2 Å². The first kappa shape index (κ1) is 30.4. The smallest absolute Gasteiger partial charge is 0.315 e. The Hall–Kier alpha value is -1.60. The number of hydrogen-bond acceptors (Lipinski definition) is 11. The molecule has 13 atom stereocenters. The normalized spacial score (nSPS) is 50.8. The molecule has 11 heteroatoms. The number of hydrogen-bond donors (Lipinski definition) is 0. The lowest BCUT2D eigenvalue weighted by Gasteiger charge is -2.50. The first-order valence-electron chi connectivity index (χ1n) is 15.0. The van der Waals surface area contributed by atoms with E-state index in [1.54, 1.807) is 35.5 Å². The van der Waals surface area contributed by atoms with Crippen molar-refractivity contribution in [2.24, 2.45) is 28.6 Å². The Balaban J connectivity index is 1.38. The predicted octanol–water partition coefficient (Wildman–Crippen LogP) is 2.43. The number of rotatable bonds is 9. The summed E-state index contributed by atoms with van der Waals surface area (Å²) in [5.41, 5.74) is -2.10. The largest absolute Gasteiger partial charge is 0.469 e. The van der Waals surface area contributed by atoms with Gasteiger partial charge in [0.15, 0.2) is 6.29 Å². The Morgan fingerprint density at radius 2 is 1.69 bits per heavy atom. The lowest BCUT2D eigenvalue weighted by atomic mass is 9.59. The average Bonchev–Trinajstić information content (AvgIpc) is 3.40. The lowest BCUT2D eigenvalue weighted by Crippen LogP contribution is -2.63. The predicted molar refractivity (Wildman–Crippen MR) is 146 cm³/mol. The third-order valence-electron chi connectivity index (χ3n) is 12.1. The zero-order valence-corrected chi connectivity index (χ0v) is 25.8. The van der Waals surface area contributed by atoms with E-state index in [-0.39, 0.29) is 36.5 Å². The minimum Gasteiger partial charge on any atom is -0.469 e. The second kappa shape index (κ2) is 10.5. The van der Waals surface area contributed by atoms with Crippen LogP contribution in [0.2, 0.25) is 0 Å². The molecule has 0 aromatic heterocycles. The van der Waals surface area contributed by atoms with Crippen molar-refractivity contribution in [3.63, 3.8) is 0 Å². The maximum Gasteiger partial charge on any atom is 0.315 e. The molecule has 2 aliphatic heterocycles. The Morgan fingerprint density at radius 3 is 2.31 bits per heavy atom. The van der Waals surface area contributed by atoms with Gasteiger partial charge in [-0.1, -0.05) is 6.58 Å². The SMILES string of the molecule is C=C1C[C@]23C[C@@]1(O[C@@H]1O[C@H](COC)[C@@H](OC)[C@H](OC)[C@H]1OC)CC[C@H]2[C@@]12CC[C@H](OC)C(C)(C(=O)O1)[C@H]2[C@@H]3C(=O)OC. The minimum atomic E-state index is -0.951. The molecule has 6 aliphatic rings. The molecule has 0 aromatic carbocycles. The molecule has 6 fully saturated rings. The number of esters is 2. The molecule has 1 unspecified atom stereocenters. The van der Waals surface area contributed by atoms with Crippen molar-refractivity contribution in [1.82, 2.24) is 0 Å². The van der Waals surface area contributed by atoms with E-state index >= 15 is 0 Å². The van der Waals surface area contributed by atoms with Crippen molar-refractivity contribution < 1.29 is 52.2 Å². The van der Waals surface area contributed by atoms with Crippen LogP contribution in [0.4, 0.5) is 0 Å². The summed E-state index contributed by atoms with van der Waals surface area (Å²) >= 11 is 0. The summed E-state index contributed by atoms with van der Waals surface area (Å²) in [6, 6.07) is 0. The fourth-order valence-electron chi connectivity index (χ4n) is 10.6. The summed E-state index contributed by atoms with van der Waals surface area (Å²) in [5.74, 6) is -1.55. The van der Waals surface area contributed by atoms with Gasteiger partial charge in [0.2, 0.25) is 0 Å². The van der Waals surface area contributed by atoms with Gasteiger partial charge in [0, 0.05) is 47.4 Å². The van der Waals surface area contributed by atoms with Crippen LogP contribution in [0, 0.1) is 28.6 Å². The standard InChI is InChI=1S/C31H46O11/c1-16-13-29-15-30(16,41-26-23(38-7)22(37-6)21(36-5)17(40-26)14-34-3)11-9-18(29)31-12-10-19(35-4)28(2,27(33)42-31)24(31)20(29)25(32)39-8/h17-24,26H,1,9-15H2,2-8H3/t17-,18-,19+,20-,21-,22+,23-,24-,26+,28?,29+,30+,31-/m1/s1. The molecule has 0 aromatic rings. The van der Waals surface area contributed by atoms with Crippen LogP contribution in [0.5, 0.6) is 0 Å². The van der Waals surface area contributed by atoms with Gasteiger partial charge < -0.3 is 42.6 Å². The monoisotopic (exact) mass is 594 g/mol. The van der Waals surface area contributed by atoms with Gasteiger partial charge in [0.25, 0.3) is 0 Å². The highest BCUT2D eigenvalue weighted by molar-refractivity contribution is 5.86. The number of methoxy groups -OCH3 is 6. The van der Waals surface area contributed by atoms with E-state index in [9.17, 15) is 9.59 Å². The van der Waals surface area contributed by atoms with Gasteiger partial charge in [-0.15, -0.1) is 0 Å². The molecule has 2 heterocycles. The Bertz CT molecular complexity index is 1110. The van der Waals surface area contributed by atoms with Crippen LogP contribution in [0.15, 0.2) is 12.2 Å². The van der Waals surface area contributed by atoms with Crippen molar-refractivity contribution in [1.29, 1.82) is 0 Å². The molecule has 2 saturated heterocycles. The topological polar surface area (TPSA) is 117 Å². The number of ether oxygens (including phenoxy) is 9. The Kier molecular flexibility index (Phi) is 7.60. The van der Waals surface area contributed by atoms with Gasteiger partial charge in [-0.25, -0.2) is 0 Å². The van der Waals surface area contributed by atoms with E-state index in [0.29, 0.717) is 38.5 Å². The lowest BCUT2D eigenvalue weighted by molar-refractivity contribution is -0.335. The van der Waals surface area contributed by atoms with Gasteiger partial charge in [-0.05, 0) is 56.4 Å². The second-order valence-corrected chi connectivity index (χ2v) is 13.4. The molecule has 4 saturated carbocycles. The van der Waals surface area contributed by atoms with E-state index in [0.717, 1.165) is 5.57 Å². The third kappa shape index (κ3) is 3.71. The molecule has 4 aliphatic carbocycles. The number of carbonyl (C=O) groups excluding carboxylic acids is 2. The van der Waals surface area contributed by atoms with E-state index in [1.807, 2.05) is 6.92 Å². The highest BCUT2D eigenvalue weighted by Crippen LogP contribution is 2.79. The van der Waals surface area contributed by atoms with Gasteiger partial charge in [-0.2, -0.15) is 0 Å². The van der Waals surface area contributed by atoms with Crippen LogP contribution in [0.25, 0.3) is 0 Å². The highest BCUT2D eigenvalue weighted by atomic mass is 16.7. The van der Waals surface area contributed by atoms with Gasteiger partial charge >= 0.3 is 11.9 Å². The average molecular weight is 595 g/mol. The van der Waals surface area contributed by atoms with Crippen LogP contribution in [0.3, 0.4) is 0 Å². The van der Waals surface area contributed by atoms with Gasteiger partial charge in [0.1, 0.15) is 30.0 Å². The van der Waals surface area contributed by atoms with Crippen LogP contribution < -0.4 is 0 Å². The summed E-state index contributed by atoms with van der Waals surface area (Å²) in [4.78, 5) is 27.4. The van der Waals surface area contributed by atoms with E-state index in [2.05, 4.69) is 6.58 Å². The zero-order valence-electron chi connectivity index (χ0n) is 25.8. The maximum absolute atomic E-state index is 13.8. The fraction of sp³-hybridized carbons (Fsp3) is 0.871. The maximum atomic E-state index is 13.8. The van der Waals surface area contributed by atoms with Gasteiger partial charge in [-0.3, -0.25) is 9.59 Å². The number of fused-ring (bicyclic) bond motifs is 1. The summed E-state index contributed by atoms with van der Waals surface area (Å²) in [5, 5.41) is 0. The van der Waals surface area contributed by atoms with Crippen molar-refractivity contribution in [2.75, 3.05) is 49.3 Å². The molecule has 42 heavy (non-hydrogen) atoms. The fourth-order valence-corrected chi connectivity index (χ4v) is 10.6. The van der Waals surface area contributed by atoms with E-state index in [4.69, 9.17) is 42.6 Å². The molecule has 11 nitrogen and oxygen atoms in total. The zero-order chi connectivity index (χ0) is 30.2. The summed E-state index contributed by atoms with van der Waals surface area (Å²) in [6.45, 7) is 6.74. The minimum absolute atomic E-state index is 0.0324. The summed E-state index contributed by atoms with van der Waals surface area (Å²) < 4.78 is 54.2. The molecular weight excluding hydrogens is 548 g/mol. The molecule has 0 radical (unpaired) electrons. The summed E-state index contributed by atoms with van der Waals surface area (Å²) in [6.07, 6.45) is 0.783. The van der Waals surface area contributed by atoms with Crippen LogP contribution in [-0.4, -0.2) is 109 Å². The first-order chi connectivity index (χ1) is 20.1. The molecule has 6 rings (SSSR count). The van der Waals surface area contributed by atoms with Crippen molar-refractivity contribution in [3.8, 4) is 0 Å². The molecule has 1 spiro atoms. The Labute approximate surface area is 247 Å². The highest BCUT2D eigenvalue weighted by Gasteiger charge is 2.85. The van der Waals surface area contributed by atoms with E-state index < -0.39 is 58.7 Å². The quantitative estimate of drug-likeness (QED) is 0.289. The Morgan fingerprint density at radius 1 is 0.976 bits per heavy atom. The summed E-state index contributed by atoms with van der Waals surface area (Å²) in [7, 11) is 9.50. The van der Waals surface area contributed by atoms with Crippen molar-refractivity contribution in [3.05, 3.63) is 12.2 Å². The second-order valence-electron chi connectivity index (χ2n) is 13.4. The third-order valence-corrected chi connectivity index (χ3v) is 12.1. The number of carbonyl (C=O) groups is 2. The van der Waals surface area contributed by atoms with Crippen LogP contribution in [0.1, 0.15) is 45.4 Å². The molecule has 4 bridgehead atoms. The molecule has 0 N–H and O–H groups in total. The molecular formula is C31H46O11. The molecule has 236 valence electrons. The molecule has 0 amide bonds. The van der Waals surface area contributed by atoms with E-state index in [1.165, 1.54) is 7.11 Å².